The number of rotatable bonds is 5. The molecule has 21 heavy (non-hydrogen) atoms. The maximum Gasteiger partial charge on any atom is 0.152 e. The van der Waals surface area contributed by atoms with Gasteiger partial charge in [-0.15, -0.1) is 10.2 Å². The fourth-order valence-electron chi connectivity index (χ4n) is 2.68. The van der Waals surface area contributed by atoms with Crippen LogP contribution in [0, 0.1) is 5.82 Å². The maximum atomic E-state index is 13.5. The fraction of sp³-hybridized carbons (Fsp3) is 0.467. The predicted molar refractivity (Wildman–Crippen MR) is 79.5 cm³/mol. The number of aromatic nitrogens is 3. The Morgan fingerprint density at radius 2 is 2.24 bits per heavy atom. The first kappa shape index (κ1) is 14.0. The summed E-state index contributed by atoms with van der Waals surface area (Å²) in [5.41, 5.74) is 2.07. The van der Waals surface area contributed by atoms with Crippen molar-refractivity contribution in [2.24, 2.45) is 0 Å². The van der Waals surface area contributed by atoms with Crippen LogP contribution in [0.15, 0.2) is 24.5 Å². The van der Waals surface area contributed by atoms with Crippen molar-refractivity contribution in [3.63, 3.8) is 0 Å². The first-order chi connectivity index (χ1) is 10.3. The summed E-state index contributed by atoms with van der Waals surface area (Å²) in [6, 6.07) is 5.01. The molecule has 0 aliphatic carbocycles. The van der Waals surface area contributed by atoms with E-state index in [9.17, 15) is 4.39 Å². The second kappa shape index (κ2) is 6.22. The highest BCUT2D eigenvalue weighted by Gasteiger charge is 2.20. The van der Waals surface area contributed by atoms with E-state index in [1.807, 2.05) is 6.07 Å². The van der Waals surface area contributed by atoms with Crippen molar-refractivity contribution in [1.82, 2.24) is 20.1 Å². The van der Waals surface area contributed by atoms with Crippen molar-refractivity contribution < 1.29 is 4.39 Å². The van der Waals surface area contributed by atoms with E-state index in [0.717, 1.165) is 43.1 Å². The van der Waals surface area contributed by atoms with Crippen LogP contribution >= 0.6 is 0 Å². The molecule has 0 amide bonds. The first-order valence-corrected chi connectivity index (χ1v) is 7.38. The second-order valence-corrected chi connectivity index (χ2v) is 5.31. The predicted octanol–water partition coefficient (Wildman–Crippen LogP) is 1.94. The van der Waals surface area contributed by atoms with Crippen LogP contribution in [0.4, 0.5) is 10.1 Å². The standard InChI is InChI=1S/C15H20FN5/c1-2-5-17-9-12-8-13(16)3-4-14(12)20-6-7-21-11-18-19-15(21)10-20/h3-4,8,11,17H,2,5-7,9-10H2,1H3. The molecule has 0 saturated heterocycles. The molecule has 1 aliphatic rings. The molecule has 1 aromatic heterocycles. The van der Waals surface area contributed by atoms with Gasteiger partial charge in [-0.1, -0.05) is 6.92 Å². The minimum absolute atomic E-state index is 0.188. The lowest BCUT2D eigenvalue weighted by Crippen LogP contribution is -2.34. The first-order valence-electron chi connectivity index (χ1n) is 7.38. The Labute approximate surface area is 123 Å². The van der Waals surface area contributed by atoms with Gasteiger partial charge in [-0.05, 0) is 36.7 Å². The van der Waals surface area contributed by atoms with Crippen molar-refractivity contribution in [2.75, 3.05) is 18.0 Å². The molecule has 3 rings (SSSR count). The van der Waals surface area contributed by atoms with Gasteiger partial charge in [0.1, 0.15) is 12.1 Å². The smallest absolute Gasteiger partial charge is 0.152 e. The third-order valence-electron chi connectivity index (χ3n) is 3.76. The average molecular weight is 289 g/mol. The van der Waals surface area contributed by atoms with Crippen molar-refractivity contribution in [2.45, 2.75) is 33.0 Å². The molecule has 0 unspecified atom stereocenters. The van der Waals surface area contributed by atoms with E-state index in [1.165, 1.54) is 6.07 Å². The highest BCUT2D eigenvalue weighted by Crippen LogP contribution is 2.25. The molecule has 1 aromatic carbocycles. The van der Waals surface area contributed by atoms with Crippen LogP contribution in [0.3, 0.4) is 0 Å². The number of benzene rings is 1. The third-order valence-corrected chi connectivity index (χ3v) is 3.76. The Morgan fingerprint density at radius 3 is 3.10 bits per heavy atom. The molecule has 0 atom stereocenters. The zero-order valence-electron chi connectivity index (χ0n) is 12.2. The van der Waals surface area contributed by atoms with Gasteiger partial charge in [0.15, 0.2) is 5.82 Å². The molecule has 112 valence electrons. The van der Waals surface area contributed by atoms with Crippen molar-refractivity contribution >= 4 is 5.69 Å². The number of anilines is 1. The normalized spacial score (nSPS) is 14.3. The van der Waals surface area contributed by atoms with E-state index in [0.29, 0.717) is 13.1 Å². The zero-order chi connectivity index (χ0) is 14.7. The second-order valence-electron chi connectivity index (χ2n) is 5.31. The van der Waals surface area contributed by atoms with Gasteiger partial charge in [0, 0.05) is 25.3 Å². The largest absolute Gasteiger partial charge is 0.362 e. The van der Waals surface area contributed by atoms with E-state index < -0.39 is 0 Å². The number of fused-ring (bicyclic) bond motifs is 1. The Balaban J connectivity index is 1.81. The molecule has 2 heterocycles. The van der Waals surface area contributed by atoms with E-state index in [4.69, 9.17) is 0 Å². The number of halogens is 1. The monoisotopic (exact) mass is 289 g/mol. The van der Waals surface area contributed by atoms with Gasteiger partial charge in [-0.25, -0.2) is 4.39 Å². The van der Waals surface area contributed by atoms with E-state index in [2.05, 4.69) is 31.9 Å². The summed E-state index contributed by atoms with van der Waals surface area (Å²) in [5, 5.41) is 11.4. The fourth-order valence-corrected chi connectivity index (χ4v) is 2.68. The van der Waals surface area contributed by atoms with Gasteiger partial charge in [0.05, 0.1) is 6.54 Å². The molecule has 1 aliphatic heterocycles. The zero-order valence-corrected chi connectivity index (χ0v) is 12.2. The Kier molecular flexibility index (Phi) is 4.15. The molecule has 0 spiro atoms. The number of nitrogens with one attached hydrogen (secondary N) is 1. The molecule has 5 nitrogen and oxygen atoms in total. The summed E-state index contributed by atoms with van der Waals surface area (Å²) in [6.07, 6.45) is 2.83. The summed E-state index contributed by atoms with van der Waals surface area (Å²) in [4.78, 5) is 2.24. The summed E-state index contributed by atoms with van der Waals surface area (Å²) in [5.74, 6) is 0.769. The summed E-state index contributed by atoms with van der Waals surface area (Å²) in [7, 11) is 0. The number of nitrogens with zero attached hydrogens (tertiary/aromatic N) is 4. The van der Waals surface area contributed by atoms with Gasteiger partial charge >= 0.3 is 0 Å². The van der Waals surface area contributed by atoms with Crippen molar-refractivity contribution in [3.05, 3.63) is 41.7 Å². The van der Waals surface area contributed by atoms with Gasteiger partial charge in [0.2, 0.25) is 0 Å². The van der Waals surface area contributed by atoms with E-state index >= 15 is 0 Å². The van der Waals surface area contributed by atoms with Crippen LogP contribution in [0.1, 0.15) is 24.7 Å². The molecular formula is C15H20FN5. The summed E-state index contributed by atoms with van der Waals surface area (Å²) >= 11 is 0. The Bertz CT molecular complexity index is 610. The van der Waals surface area contributed by atoms with Gasteiger partial charge in [-0.2, -0.15) is 0 Å². The molecular weight excluding hydrogens is 269 g/mol. The molecule has 1 N–H and O–H groups in total. The van der Waals surface area contributed by atoms with Crippen LogP contribution in [0.2, 0.25) is 0 Å². The van der Waals surface area contributed by atoms with Crippen LogP contribution in [-0.2, 0) is 19.6 Å². The van der Waals surface area contributed by atoms with Gasteiger partial charge < -0.3 is 14.8 Å². The topological polar surface area (TPSA) is 46.0 Å². The van der Waals surface area contributed by atoms with Crippen LogP contribution < -0.4 is 10.2 Å². The molecule has 0 radical (unpaired) electrons. The molecule has 0 fully saturated rings. The minimum Gasteiger partial charge on any atom is -0.362 e. The summed E-state index contributed by atoms with van der Waals surface area (Å²) in [6.45, 7) is 6.21. The number of hydrogen-bond acceptors (Lipinski definition) is 4. The van der Waals surface area contributed by atoms with E-state index in [-0.39, 0.29) is 5.82 Å². The van der Waals surface area contributed by atoms with Crippen molar-refractivity contribution in [1.29, 1.82) is 0 Å². The average Bonchev–Trinajstić information content (AvgIpc) is 2.95. The van der Waals surface area contributed by atoms with Crippen LogP contribution in [0.25, 0.3) is 0 Å². The maximum absolute atomic E-state index is 13.5. The molecule has 2 aromatic rings. The summed E-state index contributed by atoms with van der Waals surface area (Å²) < 4.78 is 15.6. The number of hydrogen-bond donors (Lipinski definition) is 1. The van der Waals surface area contributed by atoms with Crippen LogP contribution in [-0.4, -0.2) is 27.9 Å². The van der Waals surface area contributed by atoms with Crippen LogP contribution in [0.5, 0.6) is 0 Å². The lowest BCUT2D eigenvalue weighted by Gasteiger charge is -2.30. The molecule has 0 bridgehead atoms. The molecule has 6 heteroatoms. The highest BCUT2D eigenvalue weighted by molar-refractivity contribution is 5.54. The van der Waals surface area contributed by atoms with Crippen molar-refractivity contribution in [3.8, 4) is 0 Å². The Hall–Kier alpha value is -1.95. The lowest BCUT2D eigenvalue weighted by molar-refractivity contribution is 0.555. The van der Waals surface area contributed by atoms with Gasteiger partial charge in [-0.3, -0.25) is 0 Å². The minimum atomic E-state index is -0.188. The SMILES string of the molecule is CCCNCc1cc(F)ccc1N1CCn2cnnc2C1. The van der Waals surface area contributed by atoms with E-state index in [1.54, 1.807) is 12.4 Å². The molecule has 0 saturated carbocycles. The Morgan fingerprint density at radius 1 is 1.33 bits per heavy atom. The highest BCUT2D eigenvalue weighted by atomic mass is 19.1. The third kappa shape index (κ3) is 3.05. The lowest BCUT2D eigenvalue weighted by atomic mass is 10.1. The quantitative estimate of drug-likeness (QED) is 0.855. The van der Waals surface area contributed by atoms with Gasteiger partial charge in [0.25, 0.3) is 0 Å².